The van der Waals surface area contributed by atoms with Gasteiger partial charge in [0.25, 0.3) is 5.56 Å². The van der Waals surface area contributed by atoms with Gasteiger partial charge >= 0.3 is 0 Å². The molecule has 0 unspecified atom stereocenters. The Kier molecular flexibility index (Phi) is 4.55. The van der Waals surface area contributed by atoms with Gasteiger partial charge in [0, 0.05) is 57.5 Å². The summed E-state index contributed by atoms with van der Waals surface area (Å²) in [5.74, 6) is 0.414. The van der Waals surface area contributed by atoms with E-state index < -0.39 is 5.82 Å². The van der Waals surface area contributed by atoms with Gasteiger partial charge in [0.1, 0.15) is 11.8 Å². The zero-order valence-electron chi connectivity index (χ0n) is 20.2. The van der Waals surface area contributed by atoms with Crippen molar-refractivity contribution < 1.29 is 4.39 Å². The third-order valence-electron chi connectivity index (χ3n) is 8.02. The van der Waals surface area contributed by atoms with Crippen LogP contribution in [0.5, 0.6) is 0 Å². The number of nitrogens with one attached hydrogen (secondary N) is 1. The summed E-state index contributed by atoms with van der Waals surface area (Å²) in [6.07, 6.45) is 4.65. The number of aromatic nitrogens is 7. The molecular weight excluding hydrogens is 521 g/mol. The quantitative estimate of drug-likeness (QED) is 0.350. The molecule has 3 N–H and O–H groups in total. The molecule has 0 radical (unpaired) electrons. The van der Waals surface area contributed by atoms with Crippen molar-refractivity contribution in [3.05, 3.63) is 87.4 Å². The molecule has 10 nitrogen and oxygen atoms in total. The number of tetrazole rings is 1. The second kappa shape index (κ2) is 7.93. The van der Waals surface area contributed by atoms with Gasteiger partial charge in [-0.2, -0.15) is 9.78 Å². The molecule has 39 heavy (non-hydrogen) atoms. The summed E-state index contributed by atoms with van der Waals surface area (Å²) in [5.41, 5.74) is 11.3. The number of aliphatic imine (C=N–C) groups is 1. The standard InChI is InChI=1S/C27H19ClFN9O/c28-14-1-4-21(37-11-32-35-36-37)17(8-14)12-6-22-18-9-19(18)26(38(22)23(39)7-12)20-5-13(10-31-20)15-2-3-16-25(24(15)29)33-34-27(16)30/h1-4,6-8,10-11,18-19,26H,5,9H2,(H3,30,33,34)/t18-,19+,26+/m1/s1. The molecule has 8 rings (SSSR count). The second-order valence-corrected chi connectivity index (χ2v) is 10.6. The number of H-pyrrole nitrogens is 1. The summed E-state index contributed by atoms with van der Waals surface area (Å²) in [7, 11) is 0. The molecule has 2 aromatic carbocycles. The molecule has 3 aromatic heterocycles. The van der Waals surface area contributed by atoms with Crippen LogP contribution >= 0.6 is 11.6 Å². The third kappa shape index (κ3) is 3.26. The minimum atomic E-state index is -0.405. The van der Waals surface area contributed by atoms with E-state index in [1.165, 1.54) is 6.33 Å². The molecule has 0 amide bonds. The van der Waals surface area contributed by atoms with Gasteiger partial charge < -0.3 is 10.3 Å². The Morgan fingerprint density at radius 3 is 2.87 bits per heavy atom. The van der Waals surface area contributed by atoms with Gasteiger partial charge in [0.2, 0.25) is 0 Å². The van der Waals surface area contributed by atoms with E-state index in [4.69, 9.17) is 22.3 Å². The van der Waals surface area contributed by atoms with Crippen molar-refractivity contribution in [1.82, 2.24) is 35.0 Å². The number of pyridine rings is 1. The lowest BCUT2D eigenvalue weighted by Gasteiger charge is -2.20. The zero-order chi connectivity index (χ0) is 26.4. The minimum Gasteiger partial charge on any atom is -0.382 e. The SMILES string of the molecule is Nc1n[nH]c2c(F)c(C3=CN=C([C@@H]4[C@H]5C[C@H]5c5cc(-c6cc(Cl)ccc6-n6cnnn6)cc(=O)n54)C3)ccc12. The predicted octanol–water partition coefficient (Wildman–Crippen LogP) is 4.29. The van der Waals surface area contributed by atoms with E-state index in [0.29, 0.717) is 22.4 Å². The number of benzene rings is 2. The van der Waals surface area contributed by atoms with Gasteiger partial charge in [0.15, 0.2) is 11.6 Å². The Morgan fingerprint density at radius 2 is 2.03 bits per heavy atom. The molecule has 2 aliphatic heterocycles. The number of nitrogens with zero attached hydrogens (tertiary/aromatic N) is 7. The molecule has 0 saturated heterocycles. The fraction of sp³-hybridized carbons (Fsp3) is 0.185. The van der Waals surface area contributed by atoms with Crippen LogP contribution in [0.2, 0.25) is 5.02 Å². The van der Waals surface area contributed by atoms with Crippen molar-refractivity contribution in [2.24, 2.45) is 10.9 Å². The van der Waals surface area contributed by atoms with Crippen LogP contribution in [-0.4, -0.2) is 40.7 Å². The Hall–Kier alpha value is -4.64. The molecule has 1 aliphatic carbocycles. The number of hydrogen-bond donors (Lipinski definition) is 2. The van der Waals surface area contributed by atoms with Crippen molar-refractivity contribution in [1.29, 1.82) is 0 Å². The first kappa shape index (κ1) is 22.4. The number of aromatic amines is 1. The highest BCUT2D eigenvalue weighted by atomic mass is 35.5. The molecule has 1 fully saturated rings. The first-order valence-electron chi connectivity index (χ1n) is 12.5. The number of nitrogens with two attached hydrogens (primary N) is 1. The zero-order valence-corrected chi connectivity index (χ0v) is 21.0. The van der Waals surface area contributed by atoms with Crippen LogP contribution in [0.1, 0.15) is 36.1 Å². The average molecular weight is 540 g/mol. The summed E-state index contributed by atoms with van der Waals surface area (Å²) in [4.78, 5) is 18.3. The maximum atomic E-state index is 15.3. The average Bonchev–Trinajstić information content (AvgIpc) is 3.37. The highest BCUT2D eigenvalue weighted by Crippen LogP contribution is 2.60. The molecule has 5 heterocycles. The number of rotatable bonds is 4. The van der Waals surface area contributed by atoms with Crippen molar-refractivity contribution in [2.75, 3.05) is 5.73 Å². The third-order valence-corrected chi connectivity index (χ3v) is 8.25. The van der Waals surface area contributed by atoms with Crippen molar-refractivity contribution in [3.8, 4) is 16.8 Å². The van der Waals surface area contributed by atoms with E-state index in [2.05, 4.69) is 31.8 Å². The normalized spacial score (nSPS) is 21.1. The highest BCUT2D eigenvalue weighted by molar-refractivity contribution is 6.31. The van der Waals surface area contributed by atoms with Gasteiger partial charge in [0.05, 0.1) is 11.7 Å². The largest absolute Gasteiger partial charge is 0.382 e. The van der Waals surface area contributed by atoms with E-state index in [-0.39, 0.29) is 34.8 Å². The number of hydrogen-bond acceptors (Lipinski definition) is 7. The van der Waals surface area contributed by atoms with Crippen LogP contribution in [-0.2, 0) is 0 Å². The molecule has 3 atom stereocenters. The molecule has 5 aromatic rings. The molecule has 0 bridgehead atoms. The first-order valence-corrected chi connectivity index (χ1v) is 12.8. The van der Waals surface area contributed by atoms with Gasteiger partial charge in [-0.15, -0.1) is 5.10 Å². The van der Waals surface area contributed by atoms with Crippen LogP contribution in [0.25, 0.3) is 33.3 Å². The number of anilines is 1. The first-order chi connectivity index (χ1) is 19.0. The predicted molar refractivity (Wildman–Crippen MR) is 144 cm³/mol. The molecule has 192 valence electrons. The maximum Gasteiger partial charge on any atom is 0.251 e. The number of halogens is 2. The molecular formula is C27H19ClFN9O. The lowest BCUT2D eigenvalue weighted by molar-refractivity contribution is 0.583. The Balaban J connectivity index is 1.15. The molecule has 1 saturated carbocycles. The summed E-state index contributed by atoms with van der Waals surface area (Å²) in [5, 5.41) is 19.2. The van der Waals surface area contributed by atoms with E-state index in [0.717, 1.165) is 40.2 Å². The fourth-order valence-corrected chi connectivity index (χ4v) is 6.33. The summed E-state index contributed by atoms with van der Waals surface area (Å²) in [6, 6.07) is 12.4. The molecule has 12 heteroatoms. The van der Waals surface area contributed by atoms with Crippen LogP contribution in [0.15, 0.2) is 64.8 Å². The number of allylic oxidation sites excluding steroid dienone is 1. The minimum absolute atomic E-state index is 0.112. The van der Waals surface area contributed by atoms with Gasteiger partial charge in [-0.1, -0.05) is 17.7 Å². The van der Waals surface area contributed by atoms with E-state index >= 15 is 4.39 Å². The van der Waals surface area contributed by atoms with Gasteiger partial charge in [-0.05, 0) is 64.2 Å². The van der Waals surface area contributed by atoms with E-state index in [9.17, 15) is 4.79 Å². The second-order valence-electron chi connectivity index (χ2n) is 10.2. The summed E-state index contributed by atoms with van der Waals surface area (Å²) in [6.45, 7) is 0. The van der Waals surface area contributed by atoms with Crippen LogP contribution in [0.4, 0.5) is 10.2 Å². The number of nitrogen functional groups attached to an aromatic ring is 1. The number of fused-ring (bicyclic) bond motifs is 4. The van der Waals surface area contributed by atoms with Crippen molar-refractivity contribution in [2.45, 2.75) is 24.8 Å². The molecule has 0 spiro atoms. The van der Waals surface area contributed by atoms with Crippen molar-refractivity contribution >= 4 is 39.6 Å². The van der Waals surface area contributed by atoms with Crippen LogP contribution in [0, 0.1) is 11.7 Å². The fourth-order valence-electron chi connectivity index (χ4n) is 6.16. The van der Waals surface area contributed by atoms with Crippen molar-refractivity contribution in [3.63, 3.8) is 0 Å². The Bertz CT molecular complexity index is 1960. The topological polar surface area (TPSA) is 133 Å². The van der Waals surface area contributed by atoms with E-state index in [1.54, 1.807) is 35.1 Å². The van der Waals surface area contributed by atoms with E-state index in [1.807, 2.05) is 16.7 Å². The van der Waals surface area contributed by atoms with Gasteiger partial charge in [-0.3, -0.25) is 14.9 Å². The maximum absolute atomic E-state index is 15.3. The summed E-state index contributed by atoms with van der Waals surface area (Å²) >= 11 is 6.34. The smallest absolute Gasteiger partial charge is 0.251 e. The van der Waals surface area contributed by atoms with Crippen LogP contribution in [0.3, 0.4) is 0 Å². The highest BCUT2D eigenvalue weighted by Gasteiger charge is 2.54. The monoisotopic (exact) mass is 539 g/mol. The lowest BCUT2D eigenvalue weighted by Crippen LogP contribution is -2.29. The Labute approximate surface area is 224 Å². The van der Waals surface area contributed by atoms with Crippen LogP contribution < -0.4 is 11.3 Å². The lowest BCUT2D eigenvalue weighted by atomic mass is 9.96. The molecule has 3 aliphatic rings. The summed E-state index contributed by atoms with van der Waals surface area (Å²) < 4.78 is 18.7. The Morgan fingerprint density at radius 1 is 1.13 bits per heavy atom. The van der Waals surface area contributed by atoms with Gasteiger partial charge in [-0.25, -0.2) is 4.39 Å².